The molecule has 0 amide bonds. The second kappa shape index (κ2) is 7.34. The SMILES string of the molecule is Cc1cc(C(=O)CSc2nncn2C2CC2)c(C)n1-c1cc(Cl)cc(Cl)c1. The smallest absolute Gasteiger partial charge is 0.191 e. The third kappa shape index (κ3) is 3.79. The first-order chi connectivity index (χ1) is 12.9. The highest BCUT2D eigenvalue weighted by Gasteiger charge is 2.27. The molecule has 0 saturated heterocycles. The van der Waals surface area contributed by atoms with Gasteiger partial charge in [-0.1, -0.05) is 35.0 Å². The van der Waals surface area contributed by atoms with E-state index in [1.165, 1.54) is 11.8 Å². The topological polar surface area (TPSA) is 52.7 Å². The quantitative estimate of drug-likeness (QED) is 0.400. The van der Waals surface area contributed by atoms with Gasteiger partial charge in [0.05, 0.1) is 5.75 Å². The summed E-state index contributed by atoms with van der Waals surface area (Å²) in [5, 5.41) is 10.1. The molecule has 2 aromatic heterocycles. The van der Waals surface area contributed by atoms with Crippen LogP contribution in [-0.2, 0) is 0 Å². The Balaban J connectivity index is 1.57. The van der Waals surface area contributed by atoms with Crippen molar-refractivity contribution >= 4 is 40.7 Å². The van der Waals surface area contributed by atoms with Crippen LogP contribution in [0.5, 0.6) is 0 Å². The van der Waals surface area contributed by atoms with Gasteiger partial charge in [-0.3, -0.25) is 4.79 Å². The van der Waals surface area contributed by atoms with Gasteiger partial charge in [0.25, 0.3) is 0 Å². The number of hydrogen-bond donors (Lipinski definition) is 0. The van der Waals surface area contributed by atoms with Gasteiger partial charge in [0.2, 0.25) is 0 Å². The van der Waals surface area contributed by atoms with Gasteiger partial charge in [0.1, 0.15) is 6.33 Å². The van der Waals surface area contributed by atoms with Crippen molar-refractivity contribution in [2.75, 3.05) is 5.75 Å². The fourth-order valence-electron chi connectivity index (χ4n) is 3.26. The van der Waals surface area contributed by atoms with E-state index < -0.39 is 0 Å². The number of hydrogen-bond acceptors (Lipinski definition) is 4. The summed E-state index contributed by atoms with van der Waals surface area (Å²) in [6, 6.07) is 7.79. The van der Waals surface area contributed by atoms with Crippen molar-refractivity contribution in [3.8, 4) is 5.69 Å². The summed E-state index contributed by atoms with van der Waals surface area (Å²) in [6.45, 7) is 3.90. The minimum Gasteiger partial charge on any atom is -0.318 e. The number of aryl methyl sites for hydroxylation is 1. The van der Waals surface area contributed by atoms with Gasteiger partial charge in [0, 0.05) is 38.7 Å². The number of Topliss-reactive ketones (excluding diaryl/α,β-unsaturated/α-hetero) is 1. The Labute approximate surface area is 171 Å². The molecule has 8 heteroatoms. The normalized spacial score (nSPS) is 13.9. The molecule has 1 aliphatic rings. The van der Waals surface area contributed by atoms with Gasteiger partial charge in [-0.05, 0) is 51.0 Å². The summed E-state index contributed by atoms with van der Waals surface area (Å²) in [5.41, 5.74) is 3.39. The minimum absolute atomic E-state index is 0.0674. The van der Waals surface area contributed by atoms with Crippen molar-refractivity contribution < 1.29 is 4.79 Å². The van der Waals surface area contributed by atoms with Crippen molar-refractivity contribution in [2.45, 2.75) is 37.9 Å². The van der Waals surface area contributed by atoms with Gasteiger partial charge in [-0.15, -0.1) is 10.2 Å². The van der Waals surface area contributed by atoms with E-state index in [0.29, 0.717) is 27.4 Å². The number of halogens is 2. The lowest BCUT2D eigenvalue weighted by molar-refractivity contribution is 0.102. The first-order valence-corrected chi connectivity index (χ1v) is 10.4. The van der Waals surface area contributed by atoms with E-state index >= 15 is 0 Å². The van der Waals surface area contributed by atoms with E-state index in [2.05, 4.69) is 14.8 Å². The van der Waals surface area contributed by atoms with Crippen molar-refractivity contribution in [2.24, 2.45) is 0 Å². The second-order valence-corrected chi connectivity index (χ2v) is 8.53. The monoisotopic (exact) mass is 420 g/mol. The Morgan fingerprint density at radius 1 is 1.19 bits per heavy atom. The number of nitrogens with zero attached hydrogens (tertiary/aromatic N) is 4. The molecular formula is C19H18Cl2N4OS. The Morgan fingerprint density at radius 3 is 2.56 bits per heavy atom. The molecule has 4 rings (SSSR count). The number of carbonyl (C=O) groups is 1. The molecule has 0 radical (unpaired) electrons. The first kappa shape index (κ1) is 18.6. The number of thioether (sulfide) groups is 1. The number of carbonyl (C=O) groups excluding carboxylic acids is 1. The average molecular weight is 421 g/mol. The summed E-state index contributed by atoms with van der Waals surface area (Å²) in [5.74, 6) is 0.393. The largest absolute Gasteiger partial charge is 0.318 e. The number of rotatable bonds is 6. The maximum Gasteiger partial charge on any atom is 0.191 e. The molecule has 0 N–H and O–H groups in total. The standard InChI is InChI=1S/C19H18Cl2N4OS/c1-11-5-17(12(2)25(11)16-7-13(20)6-14(21)8-16)18(26)9-27-19-23-22-10-24(19)15-3-4-15/h5-8,10,15H,3-4,9H2,1-2H3. The highest BCUT2D eigenvalue weighted by atomic mass is 35.5. The summed E-state index contributed by atoms with van der Waals surface area (Å²) in [4.78, 5) is 12.8. The van der Waals surface area contributed by atoms with E-state index in [4.69, 9.17) is 23.2 Å². The van der Waals surface area contributed by atoms with E-state index in [-0.39, 0.29) is 5.78 Å². The maximum absolute atomic E-state index is 12.8. The Morgan fingerprint density at radius 2 is 1.89 bits per heavy atom. The van der Waals surface area contributed by atoms with Crippen LogP contribution in [0.4, 0.5) is 0 Å². The van der Waals surface area contributed by atoms with Crippen LogP contribution in [-0.4, -0.2) is 30.9 Å². The molecule has 0 bridgehead atoms. The first-order valence-electron chi connectivity index (χ1n) is 8.65. The van der Waals surface area contributed by atoms with E-state index in [9.17, 15) is 4.79 Å². The fourth-order valence-corrected chi connectivity index (χ4v) is 4.64. The predicted octanol–water partition coefficient (Wildman–Crippen LogP) is 5.30. The van der Waals surface area contributed by atoms with E-state index in [1.54, 1.807) is 12.4 Å². The summed E-state index contributed by atoms with van der Waals surface area (Å²) in [6.07, 6.45) is 4.06. The molecule has 5 nitrogen and oxygen atoms in total. The highest BCUT2D eigenvalue weighted by molar-refractivity contribution is 7.99. The van der Waals surface area contributed by atoms with Crippen molar-refractivity contribution in [3.05, 3.63) is 57.6 Å². The zero-order valence-electron chi connectivity index (χ0n) is 14.9. The lowest BCUT2D eigenvalue weighted by Crippen LogP contribution is -2.06. The van der Waals surface area contributed by atoms with Crippen LogP contribution in [0.2, 0.25) is 10.0 Å². The molecule has 140 valence electrons. The van der Waals surface area contributed by atoms with Crippen LogP contribution in [0.15, 0.2) is 35.7 Å². The maximum atomic E-state index is 12.8. The third-order valence-corrected chi connectivity index (χ3v) is 6.04. The number of aromatic nitrogens is 4. The molecule has 3 aromatic rings. The van der Waals surface area contributed by atoms with Crippen LogP contribution in [0.1, 0.15) is 40.6 Å². The molecule has 1 saturated carbocycles. The van der Waals surface area contributed by atoms with Gasteiger partial charge in [-0.2, -0.15) is 0 Å². The van der Waals surface area contributed by atoms with Gasteiger partial charge in [0.15, 0.2) is 10.9 Å². The molecule has 1 fully saturated rings. The lowest BCUT2D eigenvalue weighted by Gasteiger charge is -2.11. The van der Waals surface area contributed by atoms with Crippen LogP contribution < -0.4 is 0 Å². The van der Waals surface area contributed by atoms with Gasteiger partial charge >= 0.3 is 0 Å². The van der Waals surface area contributed by atoms with Crippen molar-refractivity contribution in [1.29, 1.82) is 0 Å². The zero-order valence-corrected chi connectivity index (χ0v) is 17.3. The Kier molecular flexibility index (Phi) is 5.05. The fraction of sp³-hybridized carbons (Fsp3) is 0.316. The molecule has 27 heavy (non-hydrogen) atoms. The molecule has 1 aromatic carbocycles. The zero-order chi connectivity index (χ0) is 19.1. The van der Waals surface area contributed by atoms with Crippen LogP contribution >= 0.6 is 35.0 Å². The van der Waals surface area contributed by atoms with Crippen molar-refractivity contribution in [1.82, 2.24) is 19.3 Å². The number of ketones is 1. The molecule has 2 heterocycles. The third-order valence-electron chi connectivity index (χ3n) is 4.65. The Bertz CT molecular complexity index is 1000. The van der Waals surface area contributed by atoms with Crippen LogP contribution in [0.25, 0.3) is 5.69 Å². The van der Waals surface area contributed by atoms with Crippen LogP contribution in [0.3, 0.4) is 0 Å². The molecule has 0 spiro atoms. The summed E-state index contributed by atoms with van der Waals surface area (Å²) < 4.78 is 4.07. The van der Waals surface area contributed by atoms with Gasteiger partial charge < -0.3 is 9.13 Å². The average Bonchev–Trinajstić information content (AvgIpc) is 3.26. The predicted molar refractivity (Wildman–Crippen MR) is 109 cm³/mol. The lowest BCUT2D eigenvalue weighted by atomic mass is 10.2. The highest BCUT2D eigenvalue weighted by Crippen LogP contribution is 2.37. The van der Waals surface area contributed by atoms with E-state index in [1.807, 2.05) is 36.6 Å². The van der Waals surface area contributed by atoms with Crippen LogP contribution in [0, 0.1) is 13.8 Å². The van der Waals surface area contributed by atoms with Crippen molar-refractivity contribution in [3.63, 3.8) is 0 Å². The van der Waals surface area contributed by atoms with Gasteiger partial charge in [-0.25, -0.2) is 0 Å². The molecular weight excluding hydrogens is 403 g/mol. The second-order valence-electron chi connectivity index (χ2n) is 6.71. The number of benzene rings is 1. The van der Waals surface area contributed by atoms with E-state index in [0.717, 1.165) is 35.1 Å². The summed E-state index contributed by atoms with van der Waals surface area (Å²) >= 11 is 13.7. The molecule has 0 unspecified atom stereocenters. The summed E-state index contributed by atoms with van der Waals surface area (Å²) in [7, 11) is 0. The molecule has 0 atom stereocenters. The Hall–Kier alpha value is -1.76. The molecule has 0 aliphatic heterocycles. The minimum atomic E-state index is 0.0674. The molecule has 1 aliphatic carbocycles.